The van der Waals surface area contributed by atoms with E-state index in [2.05, 4.69) is 19.2 Å². The van der Waals surface area contributed by atoms with Crippen LogP contribution in [-0.4, -0.2) is 44.9 Å². The first-order chi connectivity index (χ1) is 11.3. The minimum Gasteiger partial charge on any atom is -0.379 e. The topological polar surface area (TPSA) is 75.7 Å². The molecule has 24 heavy (non-hydrogen) atoms. The Labute approximate surface area is 144 Å². The summed E-state index contributed by atoms with van der Waals surface area (Å²) in [7, 11) is -3.56. The molecular weight excluding hydrogens is 328 g/mol. The van der Waals surface area contributed by atoms with Gasteiger partial charge in [0.15, 0.2) is 0 Å². The smallest absolute Gasteiger partial charge is 0.243 e. The summed E-state index contributed by atoms with van der Waals surface area (Å²) < 4.78 is 32.0. The molecule has 1 N–H and O–H groups in total. The molecule has 0 radical (unpaired) electrons. The molecular formula is C17H26N2O4S. The summed E-state index contributed by atoms with van der Waals surface area (Å²) in [5.74, 6) is 0.359. The number of carbonyl (C=O) groups excluding carboxylic acids is 1. The lowest BCUT2D eigenvalue weighted by atomic mass is 10.1. The van der Waals surface area contributed by atoms with Crippen LogP contribution in [0, 0.1) is 12.8 Å². The number of benzene rings is 1. The SMILES string of the molecule is Cc1ccc(S(=O)(=O)N2CCOCC2)cc1NC(=O)CCC(C)C. The lowest BCUT2D eigenvalue weighted by Gasteiger charge is -2.26. The summed E-state index contributed by atoms with van der Waals surface area (Å²) in [6, 6.07) is 4.86. The van der Waals surface area contributed by atoms with Gasteiger partial charge in [-0.1, -0.05) is 19.9 Å². The molecule has 0 bridgehead atoms. The normalized spacial score (nSPS) is 16.3. The Kier molecular flexibility index (Phi) is 6.37. The molecule has 1 aliphatic rings. The van der Waals surface area contributed by atoms with E-state index in [4.69, 9.17) is 4.74 Å². The van der Waals surface area contributed by atoms with Gasteiger partial charge in [-0.25, -0.2) is 8.42 Å². The Morgan fingerprint density at radius 2 is 1.96 bits per heavy atom. The van der Waals surface area contributed by atoms with Crippen LogP contribution < -0.4 is 5.32 Å². The highest BCUT2D eigenvalue weighted by molar-refractivity contribution is 7.89. The zero-order valence-corrected chi connectivity index (χ0v) is 15.4. The minimum absolute atomic E-state index is 0.0901. The summed E-state index contributed by atoms with van der Waals surface area (Å²) in [4.78, 5) is 12.2. The summed E-state index contributed by atoms with van der Waals surface area (Å²) >= 11 is 0. The van der Waals surface area contributed by atoms with E-state index in [1.54, 1.807) is 18.2 Å². The number of hydrogen-bond donors (Lipinski definition) is 1. The van der Waals surface area contributed by atoms with E-state index in [9.17, 15) is 13.2 Å². The third-order valence-electron chi connectivity index (χ3n) is 4.04. The third-order valence-corrected chi connectivity index (χ3v) is 5.93. The molecule has 6 nitrogen and oxygen atoms in total. The summed E-state index contributed by atoms with van der Waals surface area (Å²) in [5, 5.41) is 2.83. The van der Waals surface area contributed by atoms with Crippen molar-refractivity contribution in [2.45, 2.75) is 38.5 Å². The Morgan fingerprint density at radius 1 is 1.29 bits per heavy atom. The van der Waals surface area contributed by atoms with Crippen LogP contribution in [0.4, 0.5) is 5.69 Å². The molecule has 1 aromatic carbocycles. The van der Waals surface area contributed by atoms with Crippen molar-refractivity contribution in [2.24, 2.45) is 5.92 Å². The maximum atomic E-state index is 12.7. The number of morpholine rings is 1. The molecule has 0 spiro atoms. The molecule has 1 aliphatic heterocycles. The minimum atomic E-state index is -3.56. The van der Waals surface area contributed by atoms with E-state index >= 15 is 0 Å². The monoisotopic (exact) mass is 354 g/mol. The maximum Gasteiger partial charge on any atom is 0.243 e. The number of anilines is 1. The Balaban J connectivity index is 2.17. The van der Waals surface area contributed by atoms with Gasteiger partial charge in [0.1, 0.15) is 0 Å². The molecule has 2 rings (SSSR count). The van der Waals surface area contributed by atoms with Gasteiger partial charge < -0.3 is 10.1 Å². The third kappa shape index (κ3) is 4.78. The number of rotatable bonds is 6. The van der Waals surface area contributed by atoms with E-state index in [1.165, 1.54) is 4.31 Å². The van der Waals surface area contributed by atoms with Crippen molar-refractivity contribution in [1.82, 2.24) is 4.31 Å². The molecule has 134 valence electrons. The number of ether oxygens (including phenoxy) is 1. The number of carbonyl (C=O) groups is 1. The van der Waals surface area contributed by atoms with Crippen LogP contribution in [0.5, 0.6) is 0 Å². The lowest BCUT2D eigenvalue weighted by Crippen LogP contribution is -2.40. The second-order valence-corrected chi connectivity index (χ2v) is 8.41. The molecule has 1 fully saturated rings. The Hall–Kier alpha value is -1.44. The van der Waals surface area contributed by atoms with Crippen molar-refractivity contribution < 1.29 is 17.9 Å². The summed E-state index contributed by atoms with van der Waals surface area (Å²) in [5.41, 5.74) is 1.40. The fourth-order valence-electron chi connectivity index (χ4n) is 2.46. The number of nitrogens with one attached hydrogen (secondary N) is 1. The van der Waals surface area contributed by atoms with E-state index < -0.39 is 10.0 Å². The van der Waals surface area contributed by atoms with Crippen molar-refractivity contribution >= 4 is 21.6 Å². The highest BCUT2D eigenvalue weighted by Gasteiger charge is 2.26. The van der Waals surface area contributed by atoms with Crippen LogP contribution in [0.15, 0.2) is 23.1 Å². The molecule has 1 amide bonds. The summed E-state index contributed by atoms with van der Waals surface area (Å²) in [6.45, 7) is 7.50. The first-order valence-electron chi connectivity index (χ1n) is 8.29. The second-order valence-electron chi connectivity index (χ2n) is 6.47. The van der Waals surface area contributed by atoms with Crippen LogP contribution >= 0.6 is 0 Å². The van der Waals surface area contributed by atoms with Gasteiger partial charge in [0.2, 0.25) is 15.9 Å². The molecule has 0 atom stereocenters. The number of hydrogen-bond acceptors (Lipinski definition) is 4. The fraction of sp³-hybridized carbons (Fsp3) is 0.588. The molecule has 1 heterocycles. The standard InChI is InChI=1S/C17H26N2O4S/c1-13(2)4-7-17(20)18-16-12-15(6-5-14(16)3)24(21,22)19-8-10-23-11-9-19/h5-6,12-13H,4,7-11H2,1-3H3,(H,18,20). The predicted octanol–water partition coefficient (Wildman–Crippen LogP) is 2.39. The van der Waals surface area contributed by atoms with Crippen molar-refractivity contribution in [3.63, 3.8) is 0 Å². The van der Waals surface area contributed by atoms with E-state index in [0.717, 1.165) is 12.0 Å². The zero-order chi connectivity index (χ0) is 17.7. The molecule has 0 aromatic heterocycles. The van der Waals surface area contributed by atoms with Gasteiger partial charge in [0.25, 0.3) is 0 Å². The van der Waals surface area contributed by atoms with Crippen LogP contribution in [0.25, 0.3) is 0 Å². The first-order valence-corrected chi connectivity index (χ1v) is 9.73. The Bertz CT molecular complexity index is 680. The van der Waals surface area contributed by atoms with Gasteiger partial charge in [-0.15, -0.1) is 0 Å². The van der Waals surface area contributed by atoms with Crippen molar-refractivity contribution in [1.29, 1.82) is 0 Å². The average molecular weight is 354 g/mol. The van der Waals surface area contributed by atoms with Crippen LogP contribution in [-0.2, 0) is 19.6 Å². The number of aryl methyl sites for hydroxylation is 1. The second kappa shape index (κ2) is 8.09. The predicted molar refractivity (Wildman–Crippen MR) is 93.5 cm³/mol. The molecule has 1 saturated heterocycles. The van der Waals surface area contributed by atoms with E-state index in [-0.39, 0.29) is 10.8 Å². The number of nitrogens with zero attached hydrogens (tertiary/aromatic N) is 1. The van der Waals surface area contributed by atoms with Crippen LogP contribution in [0.2, 0.25) is 0 Å². The number of amides is 1. The maximum absolute atomic E-state index is 12.7. The van der Waals surface area contributed by atoms with Gasteiger partial charge in [0, 0.05) is 25.2 Å². The molecule has 0 aliphatic carbocycles. The van der Waals surface area contributed by atoms with Crippen molar-refractivity contribution in [2.75, 3.05) is 31.6 Å². The van der Waals surface area contributed by atoms with E-state index in [1.807, 2.05) is 6.92 Å². The average Bonchev–Trinajstić information content (AvgIpc) is 2.55. The molecule has 7 heteroatoms. The van der Waals surface area contributed by atoms with Crippen molar-refractivity contribution in [3.05, 3.63) is 23.8 Å². The zero-order valence-electron chi connectivity index (χ0n) is 14.5. The van der Waals surface area contributed by atoms with Crippen molar-refractivity contribution in [3.8, 4) is 0 Å². The van der Waals surface area contributed by atoms with E-state index in [0.29, 0.717) is 44.3 Å². The molecule has 0 unspecified atom stereocenters. The molecule has 0 saturated carbocycles. The van der Waals surface area contributed by atoms with Gasteiger partial charge in [-0.2, -0.15) is 4.31 Å². The quantitative estimate of drug-likeness (QED) is 0.851. The summed E-state index contributed by atoms with van der Waals surface area (Å²) in [6.07, 6.45) is 1.23. The van der Waals surface area contributed by atoms with Gasteiger partial charge >= 0.3 is 0 Å². The van der Waals surface area contributed by atoms with Gasteiger partial charge in [-0.05, 0) is 37.0 Å². The van der Waals surface area contributed by atoms with Crippen LogP contribution in [0.1, 0.15) is 32.3 Å². The Morgan fingerprint density at radius 3 is 2.58 bits per heavy atom. The molecule has 1 aromatic rings. The lowest BCUT2D eigenvalue weighted by molar-refractivity contribution is -0.116. The highest BCUT2D eigenvalue weighted by Crippen LogP contribution is 2.24. The van der Waals surface area contributed by atoms with Gasteiger partial charge in [-0.3, -0.25) is 4.79 Å². The largest absolute Gasteiger partial charge is 0.379 e. The van der Waals surface area contributed by atoms with Crippen LogP contribution in [0.3, 0.4) is 0 Å². The fourth-order valence-corrected chi connectivity index (χ4v) is 3.90. The highest BCUT2D eigenvalue weighted by atomic mass is 32.2. The number of sulfonamides is 1. The van der Waals surface area contributed by atoms with Gasteiger partial charge in [0.05, 0.1) is 18.1 Å². The first kappa shape index (κ1) is 18.9.